The van der Waals surface area contributed by atoms with Gasteiger partial charge in [0, 0.05) is 19.2 Å². The van der Waals surface area contributed by atoms with Crippen molar-refractivity contribution >= 4 is 11.9 Å². The van der Waals surface area contributed by atoms with Crippen LogP contribution in [0.5, 0.6) is 0 Å². The fourth-order valence-electron chi connectivity index (χ4n) is 0.418. The normalized spacial score (nSPS) is 12.0. The summed E-state index contributed by atoms with van der Waals surface area (Å²) >= 11 is 0. The number of oxime groups is 1. The first-order valence-electron chi connectivity index (χ1n) is 3.30. The third kappa shape index (κ3) is 5.29. The van der Waals surface area contributed by atoms with E-state index < -0.39 is 0 Å². The van der Waals surface area contributed by atoms with Gasteiger partial charge in [-0.1, -0.05) is 5.16 Å². The molecule has 0 aromatic rings. The molecule has 0 aliphatic rings. The van der Waals surface area contributed by atoms with Crippen molar-refractivity contribution in [1.82, 2.24) is 0 Å². The summed E-state index contributed by atoms with van der Waals surface area (Å²) in [6.07, 6.45) is 4.49. The lowest BCUT2D eigenvalue weighted by Crippen LogP contribution is -2.02. The standard InChI is InChI=1S/C7H12N2O2/c1-2-5-11-9-7(6-8)3-4-10/h2,5-6,8,10H,3-4H2,1H3/b5-2+,8-6?,9-7-. The molecule has 11 heavy (non-hydrogen) atoms. The molecule has 0 atom stereocenters. The molecule has 0 aliphatic carbocycles. The molecule has 0 rings (SSSR count). The van der Waals surface area contributed by atoms with Crippen LogP contribution in [0.2, 0.25) is 0 Å². The van der Waals surface area contributed by atoms with Gasteiger partial charge in [-0.05, 0) is 13.0 Å². The zero-order valence-electron chi connectivity index (χ0n) is 6.45. The molecular formula is C7H12N2O2. The maximum absolute atomic E-state index is 8.47. The van der Waals surface area contributed by atoms with Crippen molar-refractivity contribution in [3.63, 3.8) is 0 Å². The molecule has 0 radical (unpaired) electrons. The van der Waals surface area contributed by atoms with Gasteiger partial charge in [-0.3, -0.25) is 0 Å². The molecule has 0 bridgehead atoms. The van der Waals surface area contributed by atoms with Gasteiger partial charge in [0.1, 0.15) is 12.0 Å². The number of rotatable bonds is 5. The summed E-state index contributed by atoms with van der Waals surface area (Å²) in [5, 5.41) is 18.8. The molecule has 2 N–H and O–H groups in total. The Bertz CT molecular complexity index is 164. The molecule has 4 heteroatoms. The van der Waals surface area contributed by atoms with Crippen LogP contribution >= 0.6 is 0 Å². The van der Waals surface area contributed by atoms with E-state index in [1.54, 1.807) is 13.0 Å². The Kier molecular flexibility index (Phi) is 6.22. The smallest absolute Gasteiger partial charge is 0.117 e. The van der Waals surface area contributed by atoms with Crippen LogP contribution in [0.1, 0.15) is 13.3 Å². The van der Waals surface area contributed by atoms with Crippen LogP contribution in [0.4, 0.5) is 0 Å². The van der Waals surface area contributed by atoms with Crippen molar-refractivity contribution < 1.29 is 9.94 Å². The average molecular weight is 156 g/mol. The summed E-state index contributed by atoms with van der Waals surface area (Å²) in [5.74, 6) is 0. The topological polar surface area (TPSA) is 65.7 Å². The lowest BCUT2D eigenvalue weighted by atomic mass is 10.3. The first-order chi connectivity index (χ1) is 5.35. The molecule has 0 spiro atoms. The van der Waals surface area contributed by atoms with Gasteiger partial charge in [0.15, 0.2) is 0 Å². The summed E-state index contributed by atoms with van der Waals surface area (Å²) in [7, 11) is 0. The Hall–Kier alpha value is -1.16. The van der Waals surface area contributed by atoms with Gasteiger partial charge in [-0.25, -0.2) is 0 Å². The van der Waals surface area contributed by atoms with Crippen molar-refractivity contribution in [2.75, 3.05) is 6.61 Å². The number of allylic oxidation sites excluding steroid dienone is 1. The van der Waals surface area contributed by atoms with Gasteiger partial charge in [-0.15, -0.1) is 0 Å². The van der Waals surface area contributed by atoms with Crippen molar-refractivity contribution in [1.29, 1.82) is 5.41 Å². The molecular weight excluding hydrogens is 144 g/mol. The van der Waals surface area contributed by atoms with Crippen molar-refractivity contribution in [3.8, 4) is 0 Å². The van der Waals surface area contributed by atoms with Gasteiger partial charge in [0.05, 0.1) is 0 Å². The highest BCUT2D eigenvalue weighted by Crippen LogP contribution is 1.85. The van der Waals surface area contributed by atoms with E-state index in [0.717, 1.165) is 6.21 Å². The number of hydrogen-bond acceptors (Lipinski definition) is 4. The van der Waals surface area contributed by atoms with E-state index in [4.69, 9.17) is 10.5 Å². The molecule has 0 saturated carbocycles. The fraction of sp³-hybridized carbons (Fsp3) is 0.429. The predicted molar refractivity (Wildman–Crippen MR) is 43.8 cm³/mol. The van der Waals surface area contributed by atoms with E-state index in [0.29, 0.717) is 12.1 Å². The number of aliphatic hydroxyl groups is 1. The molecule has 0 fully saturated rings. The molecule has 0 aromatic carbocycles. The van der Waals surface area contributed by atoms with E-state index in [-0.39, 0.29) is 6.61 Å². The highest BCUT2D eigenvalue weighted by Gasteiger charge is 1.92. The van der Waals surface area contributed by atoms with E-state index in [9.17, 15) is 0 Å². The SMILES string of the molecule is C/C=C/O/N=C(\C=N)CCO. The van der Waals surface area contributed by atoms with Gasteiger partial charge < -0.3 is 15.4 Å². The van der Waals surface area contributed by atoms with E-state index in [1.165, 1.54) is 6.26 Å². The highest BCUT2D eigenvalue weighted by atomic mass is 16.6. The fourth-order valence-corrected chi connectivity index (χ4v) is 0.418. The molecule has 62 valence electrons. The van der Waals surface area contributed by atoms with Crippen molar-refractivity contribution in [2.45, 2.75) is 13.3 Å². The second-order valence-corrected chi connectivity index (χ2v) is 1.78. The van der Waals surface area contributed by atoms with Crippen LogP contribution < -0.4 is 0 Å². The van der Waals surface area contributed by atoms with Crippen LogP contribution in [0.15, 0.2) is 17.5 Å². The Balaban J connectivity index is 3.79. The van der Waals surface area contributed by atoms with Crippen LogP contribution in [0.25, 0.3) is 0 Å². The lowest BCUT2D eigenvalue weighted by molar-refractivity contribution is 0.263. The van der Waals surface area contributed by atoms with Gasteiger partial charge >= 0.3 is 0 Å². The Morgan fingerprint density at radius 3 is 2.91 bits per heavy atom. The molecule has 0 amide bonds. The maximum atomic E-state index is 8.47. The Labute approximate surface area is 65.7 Å². The zero-order chi connectivity index (χ0) is 8.53. The Morgan fingerprint density at radius 1 is 1.73 bits per heavy atom. The monoisotopic (exact) mass is 156 g/mol. The molecule has 0 heterocycles. The summed E-state index contributed by atoms with van der Waals surface area (Å²) in [4.78, 5) is 4.63. The molecule has 0 unspecified atom stereocenters. The summed E-state index contributed by atoms with van der Waals surface area (Å²) < 4.78 is 0. The van der Waals surface area contributed by atoms with Crippen molar-refractivity contribution in [2.24, 2.45) is 5.16 Å². The van der Waals surface area contributed by atoms with E-state index >= 15 is 0 Å². The van der Waals surface area contributed by atoms with Crippen LogP contribution in [0.3, 0.4) is 0 Å². The summed E-state index contributed by atoms with van der Waals surface area (Å²) in [5.41, 5.74) is 0.422. The highest BCUT2D eigenvalue weighted by molar-refractivity contribution is 6.29. The minimum atomic E-state index is -0.0204. The largest absolute Gasteiger partial charge is 0.396 e. The second-order valence-electron chi connectivity index (χ2n) is 1.78. The summed E-state index contributed by atoms with van der Waals surface area (Å²) in [6, 6.07) is 0. The number of aliphatic hydroxyl groups excluding tert-OH is 1. The molecule has 0 aliphatic heterocycles. The van der Waals surface area contributed by atoms with Gasteiger partial charge in [-0.2, -0.15) is 0 Å². The first kappa shape index (κ1) is 9.84. The van der Waals surface area contributed by atoms with E-state index in [2.05, 4.69) is 9.99 Å². The Morgan fingerprint density at radius 2 is 2.45 bits per heavy atom. The number of nitrogens with one attached hydrogen (secondary N) is 1. The third-order valence-corrected chi connectivity index (χ3v) is 0.901. The average Bonchev–Trinajstić information content (AvgIpc) is 2.03. The van der Waals surface area contributed by atoms with Crippen LogP contribution in [0, 0.1) is 5.41 Å². The molecule has 0 saturated heterocycles. The maximum Gasteiger partial charge on any atom is 0.117 e. The quantitative estimate of drug-likeness (QED) is 0.353. The van der Waals surface area contributed by atoms with Crippen molar-refractivity contribution in [3.05, 3.63) is 12.3 Å². The number of hydrogen-bond donors (Lipinski definition) is 2. The minimum Gasteiger partial charge on any atom is -0.396 e. The molecule has 0 aromatic heterocycles. The van der Waals surface area contributed by atoms with E-state index in [1.807, 2.05) is 0 Å². The predicted octanol–water partition coefficient (Wildman–Crippen LogP) is 0.925. The molecule has 4 nitrogen and oxygen atoms in total. The second kappa shape index (κ2) is 6.95. The minimum absolute atomic E-state index is 0.0204. The third-order valence-electron chi connectivity index (χ3n) is 0.901. The number of nitrogens with zero attached hydrogens (tertiary/aromatic N) is 1. The lowest BCUT2D eigenvalue weighted by Gasteiger charge is -1.93. The first-order valence-corrected chi connectivity index (χ1v) is 3.30. The summed E-state index contributed by atoms with van der Waals surface area (Å²) in [6.45, 7) is 1.78. The zero-order valence-corrected chi connectivity index (χ0v) is 6.45. The van der Waals surface area contributed by atoms with Gasteiger partial charge in [0.2, 0.25) is 0 Å². The van der Waals surface area contributed by atoms with Crippen LogP contribution in [-0.4, -0.2) is 23.6 Å². The van der Waals surface area contributed by atoms with Gasteiger partial charge in [0.25, 0.3) is 0 Å². The van der Waals surface area contributed by atoms with Crippen LogP contribution in [-0.2, 0) is 4.84 Å².